The Morgan fingerprint density at radius 1 is 1.53 bits per heavy atom. The Kier molecular flexibility index (Phi) is 4.40. The lowest BCUT2D eigenvalue weighted by atomic mass is 10.1. The SMILES string of the molecule is Cc1ccnn1CCCCNC(=O)C1(C)CC1(Br)Br. The Morgan fingerprint density at radius 2 is 2.21 bits per heavy atom. The van der Waals surface area contributed by atoms with E-state index in [1.807, 2.05) is 30.8 Å². The molecule has 0 bridgehead atoms. The molecule has 6 heteroatoms. The second-order valence-corrected chi connectivity index (χ2v) is 9.14. The summed E-state index contributed by atoms with van der Waals surface area (Å²) in [5, 5.41) is 7.24. The summed E-state index contributed by atoms with van der Waals surface area (Å²) >= 11 is 7.02. The number of nitrogens with zero attached hydrogens (tertiary/aromatic N) is 2. The number of hydrogen-bond donors (Lipinski definition) is 1. The third-order valence-corrected chi connectivity index (χ3v) is 6.08. The van der Waals surface area contributed by atoms with Crippen molar-refractivity contribution in [3.05, 3.63) is 18.0 Å². The van der Waals surface area contributed by atoms with E-state index >= 15 is 0 Å². The van der Waals surface area contributed by atoms with Crippen LogP contribution in [-0.2, 0) is 11.3 Å². The van der Waals surface area contributed by atoms with Gasteiger partial charge in [0.2, 0.25) is 5.91 Å². The number of rotatable bonds is 6. The van der Waals surface area contributed by atoms with Crippen molar-refractivity contribution < 1.29 is 4.79 Å². The van der Waals surface area contributed by atoms with Crippen molar-refractivity contribution in [3.8, 4) is 0 Å². The van der Waals surface area contributed by atoms with Crippen LogP contribution >= 0.6 is 31.9 Å². The van der Waals surface area contributed by atoms with E-state index in [2.05, 4.69) is 42.3 Å². The summed E-state index contributed by atoms with van der Waals surface area (Å²) in [4.78, 5) is 12.0. The molecule has 1 heterocycles. The van der Waals surface area contributed by atoms with Gasteiger partial charge in [0.1, 0.15) is 0 Å². The molecule has 106 valence electrons. The molecule has 1 aliphatic rings. The normalized spacial score (nSPS) is 24.2. The summed E-state index contributed by atoms with van der Waals surface area (Å²) in [7, 11) is 0. The van der Waals surface area contributed by atoms with Gasteiger partial charge in [0, 0.05) is 25.0 Å². The largest absolute Gasteiger partial charge is 0.356 e. The first-order chi connectivity index (χ1) is 8.87. The summed E-state index contributed by atoms with van der Waals surface area (Å²) in [5.41, 5.74) is 0.865. The van der Waals surface area contributed by atoms with Gasteiger partial charge in [0.15, 0.2) is 0 Å². The summed E-state index contributed by atoms with van der Waals surface area (Å²) in [5.74, 6) is 0.122. The van der Waals surface area contributed by atoms with Gasteiger partial charge < -0.3 is 5.32 Å². The fourth-order valence-corrected chi connectivity index (χ4v) is 3.54. The van der Waals surface area contributed by atoms with Crippen molar-refractivity contribution in [1.29, 1.82) is 0 Å². The zero-order valence-electron chi connectivity index (χ0n) is 11.2. The number of unbranched alkanes of at least 4 members (excludes halogenated alkanes) is 1. The van der Waals surface area contributed by atoms with E-state index in [1.54, 1.807) is 0 Å². The van der Waals surface area contributed by atoms with E-state index in [1.165, 1.54) is 5.69 Å². The lowest BCUT2D eigenvalue weighted by Crippen LogP contribution is -2.33. The molecule has 1 amide bonds. The zero-order valence-corrected chi connectivity index (χ0v) is 14.4. The fraction of sp³-hybridized carbons (Fsp3) is 0.692. The minimum absolute atomic E-state index is 0.122. The molecule has 0 spiro atoms. The molecule has 1 fully saturated rings. The van der Waals surface area contributed by atoms with Gasteiger partial charge in [-0.15, -0.1) is 0 Å². The Bertz CT molecular complexity index is 472. The molecule has 0 aromatic carbocycles. The van der Waals surface area contributed by atoms with Crippen molar-refractivity contribution in [2.45, 2.75) is 42.9 Å². The third-order valence-electron chi connectivity index (χ3n) is 3.77. The highest BCUT2D eigenvalue weighted by Gasteiger charge is 2.66. The summed E-state index contributed by atoms with van der Waals surface area (Å²) in [6, 6.07) is 2.00. The molecule has 1 atom stereocenters. The van der Waals surface area contributed by atoms with Crippen LogP contribution in [0.3, 0.4) is 0 Å². The Balaban J connectivity index is 1.63. The van der Waals surface area contributed by atoms with Gasteiger partial charge >= 0.3 is 0 Å². The van der Waals surface area contributed by atoms with Crippen molar-refractivity contribution in [1.82, 2.24) is 15.1 Å². The molecular formula is C13H19Br2N3O. The first-order valence-corrected chi connectivity index (χ1v) is 8.10. The van der Waals surface area contributed by atoms with Gasteiger partial charge in [-0.1, -0.05) is 31.9 Å². The second-order valence-electron chi connectivity index (χ2n) is 5.37. The Hall–Kier alpha value is -0.360. The molecule has 0 saturated heterocycles. The average Bonchev–Trinajstić information content (AvgIpc) is 2.68. The number of alkyl halides is 2. The quantitative estimate of drug-likeness (QED) is 0.597. The number of hydrogen-bond acceptors (Lipinski definition) is 2. The molecule has 0 radical (unpaired) electrons. The van der Waals surface area contributed by atoms with Gasteiger partial charge in [-0.25, -0.2) is 0 Å². The van der Waals surface area contributed by atoms with Crippen LogP contribution in [0.15, 0.2) is 12.3 Å². The molecule has 1 aromatic rings. The smallest absolute Gasteiger partial charge is 0.228 e. The number of nitrogens with one attached hydrogen (secondary N) is 1. The molecular weight excluding hydrogens is 374 g/mol. The van der Waals surface area contributed by atoms with Crippen molar-refractivity contribution in [3.63, 3.8) is 0 Å². The molecule has 1 unspecified atom stereocenters. The fourth-order valence-electron chi connectivity index (χ4n) is 2.06. The maximum Gasteiger partial charge on any atom is 0.228 e. The zero-order chi connectivity index (χ0) is 14.1. The number of aryl methyl sites for hydroxylation is 2. The van der Waals surface area contributed by atoms with Gasteiger partial charge in [-0.3, -0.25) is 9.48 Å². The average molecular weight is 393 g/mol. The predicted octanol–water partition coefficient (Wildman–Crippen LogP) is 2.98. The maximum atomic E-state index is 12.0. The van der Waals surface area contributed by atoms with E-state index < -0.39 is 0 Å². The standard InChI is InChI=1S/C13H19Br2N3O/c1-10-5-7-17-18(10)8-4-3-6-16-11(19)12(2)9-13(12,14)15/h5,7H,3-4,6,8-9H2,1-2H3,(H,16,19). The van der Waals surface area contributed by atoms with Crippen LogP contribution in [0.2, 0.25) is 0 Å². The lowest BCUT2D eigenvalue weighted by Gasteiger charge is -2.13. The molecule has 2 rings (SSSR count). The van der Waals surface area contributed by atoms with Gasteiger partial charge in [0.25, 0.3) is 0 Å². The minimum Gasteiger partial charge on any atom is -0.356 e. The van der Waals surface area contributed by atoms with Gasteiger partial charge in [-0.05, 0) is 39.2 Å². The van der Waals surface area contributed by atoms with Crippen LogP contribution < -0.4 is 5.32 Å². The van der Waals surface area contributed by atoms with Gasteiger partial charge in [-0.2, -0.15) is 5.10 Å². The summed E-state index contributed by atoms with van der Waals surface area (Å²) in [6.07, 6.45) is 4.64. The monoisotopic (exact) mass is 391 g/mol. The topological polar surface area (TPSA) is 46.9 Å². The Labute approximate surface area is 130 Å². The molecule has 1 N–H and O–H groups in total. The lowest BCUT2D eigenvalue weighted by molar-refractivity contribution is -0.125. The highest BCUT2D eigenvalue weighted by Crippen LogP contribution is 2.66. The summed E-state index contributed by atoms with van der Waals surface area (Å²) in [6.45, 7) is 5.66. The van der Waals surface area contributed by atoms with E-state index in [4.69, 9.17) is 0 Å². The molecule has 1 aromatic heterocycles. The van der Waals surface area contributed by atoms with Crippen LogP contribution in [0.1, 0.15) is 31.9 Å². The van der Waals surface area contributed by atoms with E-state index in [-0.39, 0.29) is 14.6 Å². The van der Waals surface area contributed by atoms with Crippen molar-refractivity contribution in [2.75, 3.05) is 6.54 Å². The van der Waals surface area contributed by atoms with Crippen LogP contribution in [0.25, 0.3) is 0 Å². The number of carbonyl (C=O) groups is 1. The Morgan fingerprint density at radius 3 is 2.74 bits per heavy atom. The molecule has 1 aliphatic carbocycles. The molecule has 19 heavy (non-hydrogen) atoms. The van der Waals surface area contributed by atoms with E-state index in [0.717, 1.165) is 32.4 Å². The highest BCUT2D eigenvalue weighted by atomic mass is 79.9. The number of amides is 1. The van der Waals surface area contributed by atoms with Crippen molar-refractivity contribution >= 4 is 37.8 Å². The number of carbonyl (C=O) groups excluding carboxylic acids is 1. The highest BCUT2D eigenvalue weighted by molar-refractivity contribution is 9.25. The predicted molar refractivity (Wildman–Crippen MR) is 82.5 cm³/mol. The van der Waals surface area contributed by atoms with E-state index in [0.29, 0.717) is 0 Å². The van der Waals surface area contributed by atoms with Gasteiger partial charge in [0.05, 0.1) is 8.65 Å². The maximum absolute atomic E-state index is 12.0. The van der Waals surface area contributed by atoms with Crippen LogP contribution in [-0.4, -0.2) is 25.5 Å². The number of halogens is 2. The second kappa shape index (κ2) is 5.56. The third kappa shape index (κ3) is 3.21. The van der Waals surface area contributed by atoms with Crippen molar-refractivity contribution in [2.24, 2.45) is 5.41 Å². The molecule has 0 aliphatic heterocycles. The minimum atomic E-state index is -0.314. The van der Waals surface area contributed by atoms with Crippen LogP contribution in [0.4, 0.5) is 0 Å². The first kappa shape index (κ1) is 15.0. The van der Waals surface area contributed by atoms with E-state index in [9.17, 15) is 4.79 Å². The van der Waals surface area contributed by atoms with Crippen LogP contribution in [0.5, 0.6) is 0 Å². The molecule has 1 saturated carbocycles. The molecule has 4 nitrogen and oxygen atoms in total. The van der Waals surface area contributed by atoms with Crippen LogP contribution in [0, 0.1) is 12.3 Å². The summed E-state index contributed by atoms with van der Waals surface area (Å²) < 4.78 is 1.79. The first-order valence-electron chi connectivity index (χ1n) is 6.51. The number of aromatic nitrogens is 2.